The smallest absolute Gasteiger partial charge is 0.391 e. The third-order valence-corrected chi connectivity index (χ3v) is 4.77. The molecular formula is C15H27F3N2O. The SMILES string of the molecule is CC(C)NC(CO)(CN1CCC(C(F)(F)F)CC1)C1CC1. The summed E-state index contributed by atoms with van der Waals surface area (Å²) in [5.41, 5.74) is -0.348. The Balaban J connectivity index is 1.93. The maximum Gasteiger partial charge on any atom is 0.391 e. The summed E-state index contributed by atoms with van der Waals surface area (Å²) in [6, 6.07) is 0.255. The molecule has 1 heterocycles. The lowest BCUT2D eigenvalue weighted by Crippen LogP contribution is -2.60. The second-order valence-electron chi connectivity index (χ2n) is 6.98. The lowest BCUT2D eigenvalue weighted by Gasteiger charge is -2.42. The van der Waals surface area contributed by atoms with Crippen molar-refractivity contribution in [1.82, 2.24) is 10.2 Å². The number of aliphatic hydroxyl groups is 1. The quantitative estimate of drug-likeness (QED) is 0.791. The molecule has 0 amide bonds. The van der Waals surface area contributed by atoms with E-state index in [0.29, 0.717) is 25.6 Å². The molecule has 1 aliphatic heterocycles. The molecule has 0 bridgehead atoms. The van der Waals surface area contributed by atoms with E-state index in [1.165, 1.54) is 0 Å². The number of hydrogen-bond donors (Lipinski definition) is 2. The molecule has 1 atom stereocenters. The fraction of sp³-hybridized carbons (Fsp3) is 1.00. The summed E-state index contributed by atoms with van der Waals surface area (Å²) in [5, 5.41) is 13.4. The first-order chi connectivity index (χ1) is 9.77. The summed E-state index contributed by atoms with van der Waals surface area (Å²) in [4.78, 5) is 2.09. The highest BCUT2D eigenvalue weighted by molar-refractivity contribution is 5.04. The summed E-state index contributed by atoms with van der Waals surface area (Å²) in [5.74, 6) is -0.707. The van der Waals surface area contributed by atoms with Gasteiger partial charge in [-0.1, -0.05) is 13.8 Å². The van der Waals surface area contributed by atoms with Gasteiger partial charge in [-0.2, -0.15) is 13.2 Å². The number of alkyl halides is 3. The van der Waals surface area contributed by atoms with Crippen LogP contribution in [0.2, 0.25) is 0 Å². The Morgan fingerprint density at radius 1 is 1.10 bits per heavy atom. The van der Waals surface area contributed by atoms with Crippen molar-refractivity contribution in [2.24, 2.45) is 11.8 Å². The molecule has 0 aromatic heterocycles. The monoisotopic (exact) mass is 308 g/mol. The van der Waals surface area contributed by atoms with E-state index in [-0.39, 0.29) is 31.0 Å². The molecule has 0 radical (unpaired) electrons. The van der Waals surface area contributed by atoms with Crippen molar-refractivity contribution in [3.63, 3.8) is 0 Å². The second kappa shape index (κ2) is 6.42. The van der Waals surface area contributed by atoms with Crippen molar-refractivity contribution in [3.05, 3.63) is 0 Å². The number of piperidine rings is 1. The lowest BCUT2D eigenvalue weighted by atomic mass is 9.89. The van der Waals surface area contributed by atoms with Crippen LogP contribution < -0.4 is 5.32 Å². The van der Waals surface area contributed by atoms with E-state index in [2.05, 4.69) is 10.2 Å². The molecule has 3 nitrogen and oxygen atoms in total. The molecule has 2 rings (SSSR count). The van der Waals surface area contributed by atoms with Gasteiger partial charge in [-0.15, -0.1) is 0 Å². The maximum absolute atomic E-state index is 12.7. The van der Waals surface area contributed by atoms with Gasteiger partial charge in [-0.3, -0.25) is 0 Å². The fourth-order valence-electron chi connectivity index (χ4n) is 3.55. The van der Waals surface area contributed by atoms with Crippen LogP contribution in [-0.2, 0) is 0 Å². The Morgan fingerprint density at radius 3 is 2.05 bits per heavy atom. The van der Waals surface area contributed by atoms with Crippen molar-refractivity contribution in [3.8, 4) is 0 Å². The van der Waals surface area contributed by atoms with Crippen LogP contribution in [0.1, 0.15) is 39.5 Å². The number of nitrogens with one attached hydrogen (secondary N) is 1. The Morgan fingerprint density at radius 2 is 1.67 bits per heavy atom. The van der Waals surface area contributed by atoms with Crippen molar-refractivity contribution < 1.29 is 18.3 Å². The average molecular weight is 308 g/mol. The molecular weight excluding hydrogens is 281 g/mol. The topological polar surface area (TPSA) is 35.5 Å². The normalized spacial score (nSPS) is 25.3. The van der Waals surface area contributed by atoms with E-state index in [1.807, 2.05) is 13.8 Å². The number of rotatable bonds is 6. The van der Waals surface area contributed by atoms with E-state index in [1.54, 1.807) is 0 Å². The predicted molar refractivity (Wildman–Crippen MR) is 76.0 cm³/mol. The molecule has 1 unspecified atom stereocenters. The molecule has 6 heteroatoms. The molecule has 124 valence electrons. The Hall–Kier alpha value is -0.330. The number of nitrogens with zero attached hydrogens (tertiary/aromatic N) is 1. The maximum atomic E-state index is 12.7. The summed E-state index contributed by atoms with van der Waals surface area (Å²) in [7, 11) is 0. The summed E-state index contributed by atoms with van der Waals surface area (Å²) in [6.45, 7) is 5.73. The molecule has 2 N–H and O–H groups in total. The number of hydrogen-bond acceptors (Lipinski definition) is 3. The summed E-state index contributed by atoms with van der Waals surface area (Å²) < 4.78 is 38.1. The second-order valence-corrected chi connectivity index (χ2v) is 6.98. The van der Waals surface area contributed by atoms with Crippen LogP contribution in [0.15, 0.2) is 0 Å². The van der Waals surface area contributed by atoms with E-state index >= 15 is 0 Å². The molecule has 21 heavy (non-hydrogen) atoms. The lowest BCUT2D eigenvalue weighted by molar-refractivity contribution is -0.185. The highest BCUT2D eigenvalue weighted by Crippen LogP contribution is 2.41. The van der Waals surface area contributed by atoms with Gasteiger partial charge in [0.25, 0.3) is 0 Å². The zero-order valence-electron chi connectivity index (χ0n) is 12.9. The van der Waals surface area contributed by atoms with E-state index in [0.717, 1.165) is 12.8 Å². The van der Waals surface area contributed by atoms with Gasteiger partial charge >= 0.3 is 6.18 Å². The summed E-state index contributed by atoms with van der Waals surface area (Å²) >= 11 is 0. The summed E-state index contributed by atoms with van der Waals surface area (Å²) in [6.07, 6.45) is -1.51. The van der Waals surface area contributed by atoms with Gasteiger partial charge < -0.3 is 15.3 Å². The van der Waals surface area contributed by atoms with E-state index in [4.69, 9.17) is 0 Å². The van der Waals surface area contributed by atoms with Crippen LogP contribution >= 0.6 is 0 Å². The zero-order valence-corrected chi connectivity index (χ0v) is 12.9. The molecule has 1 saturated heterocycles. The predicted octanol–water partition coefficient (Wildman–Crippen LogP) is 2.40. The van der Waals surface area contributed by atoms with E-state index < -0.39 is 12.1 Å². The highest BCUT2D eigenvalue weighted by Gasteiger charge is 2.47. The first-order valence-corrected chi connectivity index (χ1v) is 7.94. The molecule has 0 spiro atoms. The van der Waals surface area contributed by atoms with Gasteiger partial charge in [0.1, 0.15) is 0 Å². The number of aliphatic hydroxyl groups excluding tert-OH is 1. The van der Waals surface area contributed by atoms with Gasteiger partial charge in [0.05, 0.1) is 18.1 Å². The highest BCUT2D eigenvalue weighted by atomic mass is 19.4. The van der Waals surface area contributed by atoms with Gasteiger partial charge in [-0.25, -0.2) is 0 Å². The third-order valence-electron chi connectivity index (χ3n) is 4.77. The van der Waals surface area contributed by atoms with Gasteiger partial charge in [0.15, 0.2) is 0 Å². The van der Waals surface area contributed by atoms with Crippen LogP contribution in [-0.4, -0.2) is 54.0 Å². The fourth-order valence-corrected chi connectivity index (χ4v) is 3.55. The molecule has 2 aliphatic rings. The minimum Gasteiger partial charge on any atom is -0.394 e. The van der Waals surface area contributed by atoms with Gasteiger partial charge in [-0.05, 0) is 44.7 Å². The van der Waals surface area contributed by atoms with E-state index in [9.17, 15) is 18.3 Å². The van der Waals surface area contributed by atoms with Crippen LogP contribution in [0.4, 0.5) is 13.2 Å². The molecule has 1 aliphatic carbocycles. The van der Waals surface area contributed by atoms with Crippen molar-refractivity contribution in [2.45, 2.75) is 57.3 Å². The van der Waals surface area contributed by atoms with Gasteiger partial charge in [0.2, 0.25) is 0 Å². The molecule has 1 saturated carbocycles. The van der Waals surface area contributed by atoms with Crippen LogP contribution in [0.25, 0.3) is 0 Å². The largest absolute Gasteiger partial charge is 0.394 e. The molecule has 0 aromatic rings. The number of likely N-dealkylation sites (tertiary alicyclic amines) is 1. The van der Waals surface area contributed by atoms with Crippen molar-refractivity contribution >= 4 is 0 Å². The Bertz CT molecular complexity index is 336. The van der Waals surface area contributed by atoms with Crippen LogP contribution in [0.3, 0.4) is 0 Å². The van der Waals surface area contributed by atoms with Gasteiger partial charge in [0, 0.05) is 12.6 Å². The third kappa shape index (κ3) is 4.33. The number of halogens is 3. The Kier molecular flexibility index (Phi) is 5.21. The minimum absolute atomic E-state index is 0.0506. The first kappa shape index (κ1) is 17.0. The van der Waals surface area contributed by atoms with Crippen molar-refractivity contribution in [2.75, 3.05) is 26.2 Å². The minimum atomic E-state index is -4.06. The van der Waals surface area contributed by atoms with Crippen LogP contribution in [0.5, 0.6) is 0 Å². The standard InChI is InChI=1S/C15H27F3N2O/c1-11(2)19-14(10-21,12-3-4-12)9-20-7-5-13(6-8-20)15(16,17)18/h11-13,19,21H,3-10H2,1-2H3. The molecule has 2 fully saturated rings. The average Bonchev–Trinajstić information content (AvgIpc) is 3.21. The zero-order chi connectivity index (χ0) is 15.7. The Labute approximate surface area is 124 Å². The molecule has 0 aromatic carbocycles. The first-order valence-electron chi connectivity index (χ1n) is 7.94. The van der Waals surface area contributed by atoms with Crippen molar-refractivity contribution in [1.29, 1.82) is 0 Å². The van der Waals surface area contributed by atoms with Crippen LogP contribution in [0, 0.1) is 11.8 Å².